The number of aromatic amines is 1. The quantitative estimate of drug-likeness (QED) is 0.322. The lowest BCUT2D eigenvalue weighted by Gasteiger charge is -2.12. The van der Waals surface area contributed by atoms with Crippen LogP contribution in [0.25, 0.3) is 28.2 Å². The highest BCUT2D eigenvalue weighted by Crippen LogP contribution is 2.25. The molecule has 0 aliphatic carbocycles. The molecule has 0 saturated heterocycles. The number of para-hydroxylation sites is 1. The van der Waals surface area contributed by atoms with E-state index in [0.29, 0.717) is 22.6 Å². The van der Waals surface area contributed by atoms with E-state index in [1.807, 2.05) is 24.3 Å². The Kier molecular flexibility index (Phi) is 6.59. The summed E-state index contributed by atoms with van der Waals surface area (Å²) in [6, 6.07) is 20.6. The van der Waals surface area contributed by atoms with Crippen molar-refractivity contribution >= 4 is 28.6 Å². The normalized spacial score (nSPS) is 11.1. The Hall–Kier alpha value is -4.31. The van der Waals surface area contributed by atoms with Gasteiger partial charge in [-0.3, -0.25) is 14.2 Å². The zero-order chi connectivity index (χ0) is 25.1. The number of hydrogen-bond donors (Lipinski definition) is 2. The molecule has 0 unspecified atom stereocenters. The Balaban J connectivity index is 1.58. The van der Waals surface area contributed by atoms with Gasteiger partial charge in [-0.25, -0.2) is 9.37 Å². The molecule has 0 saturated carbocycles. The van der Waals surface area contributed by atoms with E-state index in [2.05, 4.69) is 32.4 Å². The minimum atomic E-state index is -0.612. The summed E-state index contributed by atoms with van der Waals surface area (Å²) in [5.74, 6) is 0.655. The number of benzene rings is 3. The molecule has 0 fully saturated rings. The zero-order valence-corrected chi connectivity index (χ0v) is 20.1. The van der Waals surface area contributed by atoms with Crippen molar-refractivity contribution in [1.29, 1.82) is 0 Å². The standard InChI is InChI=1S/C26H21FN6O2S/c1-2-36-17-9-7-8-16(14-17)33-22(15-28-25(34)18-10-3-5-12-20(18)27)31-32-24(33)23-29-21-13-6-4-11-19(21)26(35)30-23/h3-14H,2,15H2,1H3,(H,28,34)(H,29,30,35). The summed E-state index contributed by atoms with van der Waals surface area (Å²) in [6.07, 6.45) is 0. The molecule has 5 aromatic rings. The van der Waals surface area contributed by atoms with Gasteiger partial charge in [0.15, 0.2) is 11.6 Å². The number of amides is 1. The van der Waals surface area contributed by atoms with Crippen LogP contribution in [0.5, 0.6) is 0 Å². The number of aromatic nitrogens is 5. The molecule has 2 heterocycles. The highest BCUT2D eigenvalue weighted by molar-refractivity contribution is 7.99. The number of rotatable bonds is 7. The molecule has 0 bridgehead atoms. The summed E-state index contributed by atoms with van der Waals surface area (Å²) in [6.45, 7) is 2.04. The molecule has 0 spiro atoms. The lowest BCUT2D eigenvalue weighted by Crippen LogP contribution is -2.25. The molecule has 10 heteroatoms. The van der Waals surface area contributed by atoms with E-state index in [0.717, 1.165) is 16.3 Å². The fraction of sp³-hybridized carbons (Fsp3) is 0.115. The highest BCUT2D eigenvalue weighted by Gasteiger charge is 2.20. The Bertz CT molecular complexity index is 1630. The van der Waals surface area contributed by atoms with Gasteiger partial charge in [0.2, 0.25) is 5.82 Å². The first-order chi connectivity index (χ1) is 17.5. The van der Waals surface area contributed by atoms with Crippen LogP contribution >= 0.6 is 11.8 Å². The van der Waals surface area contributed by atoms with Crippen molar-refractivity contribution in [1.82, 2.24) is 30.0 Å². The molecular formula is C26H21FN6O2S. The van der Waals surface area contributed by atoms with Crippen molar-refractivity contribution in [2.24, 2.45) is 0 Å². The summed E-state index contributed by atoms with van der Waals surface area (Å²) < 4.78 is 15.8. The van der Waals surface area contributed by atoms with E-state index < -0.39 is 11.7 Å². The number of nitrogens with one attached hydrogen (secondary N) is 2. The van der Waals surface area contributed by atoms with Crippen molar-refractivity contribution in [3.05, 3.63) is 100 Å². The molecule has 36 heavy (non-hydrogen) atoms. The van der Waals surface area contributed by atoms with Gasteiger partial charge in [-0.05, 0) is 48.2 Å². The molecule has 0 radical (unpaired) electrons. The van der Waals surface area contributed by atoms with Gasteiger partial charge in [0.1, 0.15) is 5.82 Å². The fourth-order valence-corrected chi connectivity index (χ4v) is 4.54. The van der Waals surface area contributed by atoms with Crippen LogP contribution in [-0.2, 0) is 6.54 Å². The Labute approximate surface area is 209 Å². The van der Waals surface area contributed by atoms with Gasteiger partial charge in [-0.15, -0.1) is 22.0 Å². The molecule has 2 aromatic heterocycles. The number of carbonyl (C=O) groups excluding carboxylic acids is 1. The predicted octanol–water partition coefficient (Wildman–Crippen LogP) is 4.35. The predicted molar refractivity (Wildman–Crippen MR) is 137 cm³/mol. The smallest absolute Gasteiger partial charge is 0.259 e. The number of hydrogen-bond acceptors (Lipinski definition) is 6. The second-order valence-corrected chi connectivity index (χ2v) is 9.14. The molecule has 0 aliphatic rings. The van der Waals surface area contributed by atoms with E-state index in [9.17, 15) is 14.0 Å². The molecule has 0 aliphatic heterocycles. The third-order valence-corrected chi connectivity index (χ3v) is 6.34. The molecule has 180 valence electrons. The lowest BCUT2D eigenvalue weighted by atomic mass is 10.2. The molecule has 1 amide bonds. The molecule has 5 rings (SSSR count). The molecule has 3 aromatic carbocycles. The van der Waals surface area contributed by atoms with Gasteiger partial charge in [-0.1, -0.05) is 37.3 Å². The average molecular weight is 501 g/mol. The first-order valence-electron chi connectivity index (χ1n) is 11.2. The minimum Gasteiger partial charge on any atom is -0.345 e. The number of fused-ring (bicyclic) bond motifs is 1. The number of carbonyl (C=O) groups is 1. The van der Waals surface area contributed by atoms with Gasteiger partial charge in [-0.2, -0.15) is 0 Å². The summed E-state index contributed by atoms with van der Waals surface area (Å²) in [5.41, 5.74) is 0.899. The van der Waals surface area contributed by atoms with Gasteiger partial charge < -0.3 is 10.3 Å². The van der Waals surface area contributed by atoms with Crippen LogP contribution in [0.1, 0.15) is 23.1 Å². The second kappa shape index (κ2) is 10.1. The second-order valence-electron chi connectivity index (χ2n) is 7.80. The zero-order valence-electron chi connectivity index (χ0n) is 19.2. The fourth-order valence-electron chi connectivity index (χ4n) is 3.83. The van der Waals surface area contributed by atoms with Crippen LogP contribution in [0.15, 0.2) is 82.5 Å². The van der Waals surface area contributed by atoms with E-state index in [-0.39, 0.29) is 23.5 Å². The van der Waals surface area contributed by atoms with Gasteiger partial charge in [0, 0.05) is 4.90 Å². The van der Waals surface area contributed by atoms with Crippen molar-refractivity contribution in [3.8, 4) is 17.3 Å². The van der Waals surface area contributed by atoms with Crippen LogP contribution in [0, 0.1) is 5.82 Å². The monoisotopic (exact) mass is 500 g/mol. The van der Waals surface area contributed by atoms with Crippen LogP contribution in [-0.4, -0.2) is 36.4 Å². The molecule has 8 nitrogen and oxygen atoms in total. The number of nitrogens with zero attached hydrogens (tertiary/aromatic N) is 4. The largest absolute Gasteiger partial charge is 0.345 e. The summed E-state index contributed by atoms with van der Waals surface area (Å²) in [7, 11) is 0. The average Bonchev–Trinajstić information content (AvgIpc) is 3.32. The first-order valence-corrected chi connectivity index (χ1v) is 12.2. The van der Waals surface area contributed by atoms with Crippen LogP contribution in [0.4, 0.5) is 4.39 Å². The van der Waals surface area contributed by atoms with E-state index in [4.69, 9.17) is 0 Å². The summed E-state index contributed by atoms with van der Waals surface area (Å²) in [5, 5.41) is 11.8. The van der Waals surface area contributed by atoms with Crippen molar-refractivity contribution in [3.63, 3.8) is 0 Å². The van der Waals surface area contributed by atoms with Crippen LogP contribution < -0.4 is 10.9 Å². The molecule has 0 atom stereocenters. The van der Waals surface area contributed by atoms with Gasteiger partial charge >= 0.3 is 0 Å². The number of thioether (sulfide) groups is 1. The third kappa shape index (κ3) is 4.63. The van der Waals surface area contributed by atoms with Crippen molar-refractivity contribution < 1.29 is 9.18 Å². The van der Waals surface area contributed by atoms with Gasteiger partial charge in [0.05, 0.1) is 28.7 Å². The third-order valence-electron chi connectivity index (χ3n) is 5.47. The molecule has 2 N–H and O–H groups in total. The Morgan fingerprint density at radius 2 is 1.86 bits per heavy atom. The van der Waals surface area contributed by atoms with Crippen molar-refractivity contribution in [2.75, 3.05) is 5.75 Å². The highest BCUT2D eigenvalue weighted by atomic mass is 32.2. The SMILES string of the molecule is CCSc1cccc(-n2c(CNC(=O)c3ccccc3F)nnc2-c2nc3ccccc3c(=O)[nH]2)c1. The summed E-state index contributed by atoms with van der Waals surface area (Å²) in [4.78, 5) is 33.8. The maximum Gasteiger partial charge on any atom is 0.259 e. The first kappa shape index (κ1) is 23.4. The lowest BCUT2D eigenvalue weighted by molar-refractivity contribution is 0.0945. The molecular weight excluding hydrogens is 479 g/mol. The summed E-state index contributed by atoms with van der Waals surface area (Å²) >= 11 is 1.68. The van der Waals surface area contributed by atoms with Crippen molar-refractivity contribution in [2.45, 2.75) is 18.4 Å². The van der Waals surface area contributed by atoms with E-state index in [1.165, 1.54) is 18.2 Å². The number of H-pyrrole nitrogens is 1. The van der Waals surface area contributed by atoms with E-state index >= 15 is 0 Å². The van der Waals surface area contributed by atoms with Crippen LogP contribution in [0.2, 0.25) is 0 Å². The minimum absolute atomic E-state index is 0.0247. The maximum absolute atomic E-state index is 14.1. The maximum atomic E-state index is 14.1. The number of halogens is 1. The van der Waals surface area contributed by atoms with Gasteiger partial charge in [0.25, 0.3) is 11.5 Å². The Morgan fingerprint density at radius 1 is 1.06 bits per heavy atom. The Morgan fingerprint density at radius 3 is 2.69 bits per heavy atom. The van der Waals surface area contributed by atoms with Crippen LogP contribution in [0.3, 0.4) is 0 Å². The topological polar surface area (TPSA) is 106 Å². The van der Waals surface area contributed by atoms with E-state index in [1.54, 1.807) is 46.7 Å².